The van der Waals surface area contributed by atoms with Gasteiger partial charge in [0.2, 0.25) is 0 Å². The first-order valence-electron chi connectivity index (χ1n) is 7.40. The highest BCUT2D eigenvalue weighted by Gasteiger charge is 2.23. The standard InChI is InChI=1S/C16H19N5O/c1-12-11-15(19-13(2)18-12)16(22)21-9-7-20(8-10-21)14-3-5-17-6-4-14/h3-6,11H,7-10H2,1-2H3. The van der Waals surface area contributed by atoms with Gasteiger partial charge in [-0.1, -0.05) is 0 Å². The third kappa shape index (κ3) is 3.05. The number of carbonyl (C=O) groups is 1. The molecule has 3 heterocycles. The fourth-order valence-corrected chi connectivity index (χ4v) is 2.71. The summed E-state index contributed by atoms with van der Waals surface area (Å²) in [5.41, 5.74) is 2.46. The second-order valence-corrected chi connectivity index (χ2v) is 5.43. The summed E-state index contributed by atoms with van der Waals surface area (Å²) in [6.45, 7) is 6.72. The number of aryl methyl sites for hydroxylation is 2. The van der Waals surface area contributed by atoms with Crippen LogP contribution in [0.3, 0.4) is 0 Å². The molecule has 6 nitrogen and oxygen atoms in total. The Morgan fingerprint density at radius 2 is 1.73 bits per heavy atom. The van der Waals surface area contributed by atoms with Crippen LogP contribution >= 0.6 is 0 Å². The summed E-state index contributed by atoms with van der Waals surface area (Å²) in [5, 5.41) is 0. The van der Waals surface area contributed by atoms with Gasteiger partial charge >= 0.3 is 0 Å². The van der Waals surface area contributed by atoms with E-state index in [0.717, 1.165) is 24.5 Å². The Kier molecular flexibility index (Phi) is 4.00. The van der Waals surface area contributed by atoms with Gasteiger partial charge < -0.3 is 9.80 Å². The molecule has 0 aliphatic carbocycles. The van der Waals surface area contributed by atoms with E-state index >= 15 is 0 Å². The van der Waals surface area contributed by atoms with Crippen LogP contribution in [0.1, 0.15) is 22.0 Å². The van der Waals surface area contributed by atoms with Crippen molar-refractivity contribution in [2.24, 2.45) is 0 Å². The van der Waals surface area contributed by atoms with Gasteiger partial charge in [0.05, 0.1) is 0 Å². The normalized spacial score (nSPS) is 15.0. The first kappa shape index (κ1) is 14.4. The van der Waals surface area contributed by atoms with E-state index in [1.54, 1.807) is 18.5 Å². The van der Waals surface area contributed by atoms with Crippen molar-refractivity contribution >= 4 is 11.6 Å². The molecule has 114 valence electrons. The van der Waals surface area contributed by atoms with Crippen LogP contribution in [0, 0.1) is 13.8 Å². The second-order valence-electron chi connectivity index (χ2n) is 5.43. The maximum atomic E-state index is 12.6. The zero-order valence-electron chi connectivity index (χ0n) is 12.9. The van der Waals surface area contributed by atoms with E-state index in [9.17, 15) is 4.79 Å². The van der Waals surface area contributed by atoms with Gasteiger partial charge in [-0.2, -0.15) is 0 Å². The van der Waals surface area contributed by atoms with Crippen LogP contribution in [0.25, 0.3) is 0 Å². The van der Waals surface area contributed by atoms with Crippen LogP contribution in [0.4, 0.5) is 5.69 Å². The van der Waals surface area contributed by atoms with Gasteiger partial charge in [-0.3, -0.25) is 9.78 Å². The molecule has 0 spiro atoms. The van der Waals surface area contributed by atoms with Gasteiger partial charge in [-0.25, -0.2) is 9.97 Å². The first-order chi connectivity index (χ1) is 10.6. The number of anilines is 1. The third-order valence-electron chi connectivity index (χ3n) is 3.78. The number of piperazine rings is 1. The highest BCUT2D eigenvalue weighted by molar-refractivity contribution is 5.92. The van der Waals surface area contributed by atoms with Crippen LogP contribution < -0.4 is 4.90 Å². The van der Waals surface area contributed by atoms with E-state index in [4.69, 9.17) is 0 Å². The number of pyridine rings is 1. The van der Waals surface area contributed by atoms with Crippen LogP contribution in [0.5, 0.6) is 0 Å². The Bertz CT molecular complexity index is 645. The summed E-state index contributed by atoms with van der Waals surface area (Å²) in [7, 11) is 0. The Morgan fingerprint density at radius 1 is 1.05 bits per heavy atom. The fourth-order valence-electron chi connectivity index (χ4n) is 2.71. The monoisotopic (exact) mass is 297 g/mol. The molecule has 22 heavy (non-hydrogen) atoms. The summed E-state index contributed by atoms with van der Waals surface area (Å²) in [6, 6.07) is 5.74. The van der Waals surface area contributed by atoms with Gasteiger partial charge in [0.25, 0.3) is 5.91 Å². The van der Waals surface area contributed by atoms with Gasteiger partial charge in [0, 0.05) is 50.0 Å². The molecule has 1 saturated heterocycles. The molecule has 3 rings (SSSR count). The van der Waals surface area contributed by atoms with Crippen molar-refractivity contribution in [1.82, 2.24) is 19.9 Å². The number of nitrogens with zero attached hydrogens (tertiary/aromatic N) is 5. The van der Waals surface area contributed by atoms with E-state index in [0.29, 0.717) is 24.6 Å². The molecule has 1 amide bonds. The van der Waals surface area contributed by atoms with Gasteiger partial charge in [-0.05, 0) is 32.0 Å². The van der Waals surface area contributed by atoms with Crippen molar-refractivity contribution in [3.63, 3.8) is 0 Å². The molecule has 0 bridgehead atoms. The van der Waals surface area contributed by atoms with E-state index < -0.39 is 0 Å². The zero-order chi connectivity index (χ0) is 15.5. The minimum absolute atomic E-state index is 0.0111. The molecule has 0 N–H and O–H groups in total. The topological polar surface area (TPSA) is 62.2 Å². The maximum absolute atomic E-state index is 12.6. The largest absolute Gasteiger partial charge is 0.368 e. The first-order valence-corrected chi connectivity index (χ1v) is 7.40. The number of rotatable bonds is 2. The molecule has 0 unspecified atom stereocenters. The minimum atomic E-state index is -0.0111. The Labute approximate surface area is 129 Å². The molecule has 0 radical (unpaired) electrons. The van der Waals surface area contributed by atoms with Crippen molar-refractivity contribution in [3.8, 4) is 0 Å². The van der Waals surface area contributed by atoms with Crippen molar-refractivity contribution in [2.45, 2.75) is 13.8 Å². The molecule has 1 aliphatic rings. The second kappa shape index (κ2) is 6.09. The van der Waals surface area contributed by atoms with E-state index in [2.05, 4.69) is 19.9 Å². The SMILES string of the molecule is Cc1cc(C(=O)N2CCN(c3ccncc3)CC2)nc(C)n1. The molecule has 0 atom stereocenters. The van der Waals surface area contributed by atoms with Crippen molar-refractivity contribution in [3.05, 3.63) is 47.8 Å². The van der Waals surface area contributed by atoms with Crippen molar-refractivity contribution in [1.29, 1.82) is 0 Å². The maximum Gasteiger partial charge on any atom is 0.272 e. The van der Waals surface area contributed by atoms with E-state index in [1.807, 2.05) is 30.9 Å². The lowest BCUT2D eigenvalue weighted by Gasteiger charge is -2.35. The number of aromatic nitrogens is 3. The van der Waals surface area contributed by atoms with Crippen molar-refractivity contribution in [2.75, 3.05) is 31.1 Å². The van der Waals surface area contributed by atoms with Gasteiger partial charge in [-0.15, -0.1) is 0 Å². The molecule has 0 saturated carbocycles. The Hall–Kier alpha value is -2.50. The summed E-state index contributed by atoms with van der Waals surface area (Å²) >= 11 is 0. The summed E-state index contributed by atoms with van der Waals surface area (Å²) < 4.78 is 0. The van der Waals surface area contributed by atoms with E-state index in [1.165, 1.54) is 0 Å². The van der Waals surface area contributed by atoms with Crippen molar-refractivity contribution < 1.29 is 4.79 Å². The lowest BCUT2D eigenvalue weighted by atomic mass is 10.2. The smallest absolute Gasteiger partial charge is 0.272 e. The molecule has 2 aromatic heterocycles. The fraction of sp³-hybridized carbons (Fsp3) is 0.375. The highest BCUT2D eigenvalue weighted by Crippen LogP contribution is 2.16. The molecular formula is C16H19N5O. The Morgan fingerprint density at radius 3 is 2.36 bits per heavy atom. The van der Waals surface area contributed by atoms with Gasteiger partial charge in [0.1, 0.15) is 11.5 Å². The van der Waals surface area contributed by atoms with E-state index in [-0.39, 0.29) is 5.91 Å². The zero-order valence-corrected chi connectivity index (χ0v) is 12.9. The lowest BCUT2D eigenvalue weighted by molar-refractivity contribution is 0.0740. The number of carbonyl (C=O) groups excluding carboxylic acids is 1. The minimum Gasteiger partial charge on any atom is -0.368 e. The average molecular weight is 297 g/mol. The summed E-state index contributed by atoms with van der Waals surface area (Å²) in [5.74, 6) is 0.627. The molecule has 1 aliphatic heterocycles. The predicted molar refractivity (Wildman–Crippen MR) is 83.9 cm³/mol. The predicted octanol–water partition coefficient (Wildman–Crippen LogP) is 1.45. The quantitative estimate of drug-likeness (QED) is 0.839. The van der Waals surface area contributed by atoms with Crippen LogP contribution in [0.15, 0.2) is 30.6 Å². The number of hydrogen-bond donors (Lipinski definition) is 0. The molecule has 0 aromatic carbocycles. The van der Waals surface area contributed by atoms with Gasteiger partial charge in [0.15, 0.2) is 0 Å². The number of hydrogen-bond acceptors (Lipinski definition) is 5. The lowest BCUT2D eigenvalue weighted by Crippen LogP contribution is -2.49. The molecule has 2 aromatic rings. The summed E-state index contributed by atoms with van der Waals surface area (Å²) in [6.07, 6.45) is 3.58. The number of amides is 1. The Balaban J connectivity index is 1.67. The van der Waals surface area contributed by atoms with Crippen LogP contribution in [-0.4, -0.2) is 51.9 Å². The summed E-state index contributed by atoms with van der Waals surface area (Å²) in [4.78, 5) is 29.2. The molecule has 6 heteroatoms. The average Bonchev–Trinajstić information content (AvgIpc) is 2.54. The third-order valence-corrected chi connectivity index (χ3v) is 3.78. The molecule has 1 fully saturated rings. The van der Waals surface area contributed by atoms with Crippen LogP contribution in [0.2, 0.25) is 0 Å². The van der Waals surface area contributed by atoms with Crippen LogP contribution in [-0.2, 0) is 0 Å². The molecular weight excluding hydrogens is 278 g/mol. The highest BCUT2D eigenvalue weighted by atomic mass is 16.2.